The summed E-state index contributed by atoms with van der Waals surface area (Å²) < 4.78 is 0. The van der Waals surface area contributed by atoms with E-state index in [1.807, 2.05) is 0 Å². The van der Waals surface area contributed by atoms with Crippen molar-refractivity contribution in [2.75, 3.05) is 11.5 Å². The number of carbonyl (C=O) groups is 2. The van der Waals surface area contributed by atoms with Crippen molar-refractivity contribution in [1.29, 1.82) is 0 Å². The average molecular weight is 396 g/mol. The monoisotopic (exact) mass is 395 g/mol. The van der Waals surface area contributed by atoms with Crippen molar-refractivity contribution in [2.45, 2.75) is 56.7 Å². The Bertz CT molecular complexity index is 585. The molecule has 6 heteroatoms. The molecule has 1 aromatic carbocycles. The Morgan fingerprint density at radius 3 is 2.46 bits per heavy atom. The fourth-order valence-electron chi connectivity index (χ4n) is 3.19. The highest BCUT2D eigenvalue weighted by molar-refractivity contribution is 7.98. The highest BCUT2D eigenvalue weighted by Gasteiger charge is 2.22. The molecular weight excluding hydrogens is 366 g/mol. The standard InChI is InChI=1S/C20H29NO3S2/c1-14(11-25)19(22)21-18(20(23)24)13-26-12-15-7-9-17(10-8-15)16-5-3-2-4-6-16/h7-10,14,16,18,25H,2-6,11-13H2,1H3,(H,21,22)(H,23,24)/t14?,18-/m0/s1. The second kappa shape index (κ2) is 10.9. The van der Waals surface area contributed by atoms with E-state index in [9.17, 15) is 14.7 Å². The molecular formula is C20H29NO3S2. The number of benzene rings is 1. The summed E-state index contributed by atoms with van der Waals surface area (Å²) in [5.74, 6) is 0.647. The second-order valence-corrected chi connectivity index (χ2v) is 8.47. The first kappa shape index (κ1) is 21.2. The van der Waals surface area contributed by atoms with Gasteiger partial charge >= 0.3 is 5.97 Å². The van der Waals surface area contributed by atoms with Crippen LogP contribution < -0.4 is 5.32 Å². The number of hydrogen-bond acceptors (Lipinski definition) is 4. The topological polar surface area (TPSA) is 66.4 Å². The molecule has 0 aromatic heterocycles. The summed E-state index contributed by atoms with van der Waals surface area (Å²) in [6.45, 7) is 1.74. The van der Waals surface area contributed by atoms with E-state index in [0.29, 0.717) is 17.4 Å². The molecule has 1 aliphatic carbocycles. The summed E-state index contributed by atoms with van der Waals surface area (Å²) in [5, 5.41) is 11.9. The van der Waals surface area contributed by atoms with Crippen LogP contribution in [0.5, 0.6) is 0 Å². The van der Waals surface area contributed by atoms with Crippen LogP contribution in [0.25, 0.3) is 0 Å². The number of hydrogen-bond donors (Lipinski definition) is 3. The zero-order valence-electron chi connectivity index (χ0n) is 15.3. The fraction of sp³-hybridized carbons (Fsp3) is 0.600. The molecule has 0 aliphatic heterocycles. The molecule has 2 rings (SSSR count). The number of carboxylic acids is 1. The maximum absolute atomic E-state index is 11.9. The van der Waals surface area contributed by atoms with Crippen LogP contribution >= 0.6 is 24.4 Å². The lowest BCUT2D eigenvalue weighted by atomic mass is 9.84. The van der Waals surface area contributed by atoms with E-state index in [2.05, 4.69) is 42.2 Å². The van der Waals surface area contributed by atoms with E-state index >= 15 is 0 Å². The van der Waals surface area contributed by atoms with Gasteiger partial charge < -0.3 is 10.4 Å². The minimum atomic E-state index is -0.995. The maximum Gasteiger partial charge on any atom is 0.327 e. The molecule has 0 spiro atoms. The van der Waals surface area contributed by atoms with Crippen molar-refractivity contribution >= 4 is 36.3 Å². The number of nitrogens with one attached hydrogen (secondary N) is 1. The van der Waals surface area contributed by atoms with E-state index in [1.54, 1.807) is 6.92 Å². The summed E-state index contributed by atoms with van der Waals surface area (Å²) in [7, 11) is 0. The molecule has 0 radical (unpaired) electrons. The van der Waals surface area contributed by atoms with Gasteiger partial charge in [-0.2, -0.15) is 24.4 Å². The third kappa shape index (κ3) is 6.54. The lowest BCUT2D eigenvalue weighted by molar-refractivity contribution is -0.141. The van der Waals surface area contributed by atoms with Gasteiger partial charge in [0.05, 0.1) is 0 Å². The summed E-state index contributed by atoms with van der Waals surface area (Å²) in [4.78, 5) is 23.2. The minimum Gasteiger partial charge on any atom is -0.480 e. The van der Waals surface area contributed by atoms with Crippen molar-refractivity contribution < 1.29 is 14.7 Å². The molecule has 1 fully saturated rings. The molecule has 2 N–H and O–H groups in total. The van der Waals surface area contributed by atoms with Gasteiger partial charge in [-0.05, 0) is 29.9 Å². The number of carboxylic acid groups (broad SMARTS) is 1. The first-order valence-corrected chi connectivity index (χ1v) is 11.1. The first-order valence-electron chi connectivity index (χ1n) is 9.32. The van der Waals surface area contributed by atoms with Gasteiger partial charge in [-0.25, -0.2) is 4.79 Å². The van der Waals surface area contributed by atoms with Crippen molar-refractivity contribution in [3.8, 4) is 0 Å². The Balaban J connectivity index is 1.81. The van der Waals surface area contributed by atoms with Crippen LogP contribution in [0.1, 0.15) is 56.1 Å². The second-order valence-electron chi connectivity index (χ2n) is 7.07. The third-order valence-electron chi connectivity index (χ3n) is 4.95. The predicted molar refractivity (Wildman–Crippen MR) is 111 cm³/mol. The van der Waals surface area contributed by atoms with Crippen LogP contribution in [0.15, 0.2) is 24.3 Å². The molecule has 4 nitrogen and oxygen atoms in total. The van der Waals surface area contributed by atoms with Crippen LogP contribution in [0, 0.1) is 5.92 Å². The smallest absolute Gasteiger partial charge is 0.327 e. The summed E-state index contributed by atoms with van der Waals surface area (Å²) in [6, 6.07) is 7.87. The van der Waals surface area contributed by atoms with Gasteiger partial charge in [-0.3, -0.25) is 4.79 Å². The van der Waals surface area contributed by atoms with Crippen molar-refractivity contribution in [1.82, 2.24) is 5.32 Å². The molecule has 0 bridgehead atoms. The van der Waals surface area contributed by atoms with Crippen LogP contribution in [0.3, 0.4) is 0 Å². The number of aliphatic carboxylic acids is 1. The lowest BCUT2D eigenvalue weighted by Crippen LogP contribution is -2.45. The highest BCUT2D eigenvalue weighted by atomic mass is 32.2. The maximum atomic E-state index is 11.9. The number of thiol groups is 1. The number of amides is 1. The zero-order valence-corrected chi connectivity index (χ0v) is 17.0. The quantitative estimate of drug-likeness (QED) is 0.551. The van der Waals surface area contributed by atoms with Crippen molar-refractivity contribution in [2.24, 2.45) is 5.92 Å². The molecule has 1 saturated carbocycles. The van der Waals surface area contributed by atoms with Crippen LogP contribution in [-0.2, 0) is 15.3 Å². The summed E-state index contributed by atoms with van der Waals surface area (Å²) in [5.41, 5.74) is 2.61. The third-order valence-corrected chi connectivity index (χ3v) is 6.60. The van der Waals surface area contributed by atoms with Gasteiger partial charge in [0, 0.05) is 23.2 Å². The van der Waals surface area contributed by atoms with Crippen LogP contribution in [0.2, 0.25) is 0 Å². The Labute approximate surface area is 165 Å². The summed E-state index contributed by atoms with van der Waals surface area (Å²) in [6.07, 6.45) is 6.60. The predicted octanol–water partition coefficient (Wildman–Crippen LogP) is 4.10. The van der Waals surface area contributed by atoms with Gasteiger partial charge in [0.2, 0.25) is 5.91 Å². The van der Waals surface area contributed by atoms with E-state index in [0.717, 1.165) is 5.75 Å². The Morgan fingerprint density at radius 2 is 1.88 bits per heavy atom. The highest BCUT2D eigenvalue weighted by Crippen LogP contribution is 2.32. The normalized spacial score (nSPS) is 17.5. The Kier molecular flexibility index (Phi) is 8.85. The minimum absolute atomic E-state index is 0.259. The van der Waals surface area contributed by atoms with Gasteiger partial charge in [-0.1, -0.05) is 50.5 Å². The van der Waals surface area contributed by atoms with E-state index < -0.39 is 12.0 Å². The molecule has 26 heavy (non-hydrogen) atoms. The van der Waals surface area contributed by atoms with Crippen molar-refractivity contribution in [3.63, 3.8) is 0 Å². The molecule has 0 saturated heterocycles. The summed E-state index contributed by atoms with van der Waals surface area (Å²) >= 11 is 5.61. The van der Waals surface area contributed by atoms with Crippen molar-refractivity contribution in [3.05, 3.63) is 35.4 Å². The number of rotatable bonds is 9. The Hall–Kier alpha value is -1.14. The molecule has 1 amide bonds. The molecule has 2 atom stereocenters. The van der Waals surface area contributed by atoms with Gasteiger partial charge in [0.1, 0.15) is 6.04 Å². The van der Waals surface area contributed by atoms with Crippen LogP contribution in [-0.4, -0.2) is 34.5 Å². The molecule has 1 unspecified atom stereocenters. The largest absolute Gasteiger partial charge is 0.480 e. The van der Waals surface area contributed by atoms with Gasteiger partial charge in [-0.15, -0.1) is 0 Å². The van der Waals surface area contributed by atoms with Gasteiger partial charge in [0.25, 0.3) is 0 Å². The molecule has 144 valence electrons. The Morgan fingerprint density at radius 1 is 1.23 bits per heavy atom. The number of carbonyl (C=O) groups excluding carboxylic acids is 1. The van der Waals surface area contributed by atoms with E-state index in [4.69, 9.17) is 0 Å². The van der Waals surface area contributed by atoms with E-state index in [-0.39, 0.29) is 11.8 Å². The zero-order chi connectivity index (χ0) is 18.9. The van der Waals surface area contributed by atoms with Crippen LogP contribution in [0.4, 0.5) is 0 Å². The fourth-order valence-corrected chi connectivity index (χ4v) is 4.36. The molecule has 1 aromatic rings. The average Bonchev–Trinajstić information content (AvgIpc) is 2.67. The first-order chi connectivity index (χ1) is 12.5. The van der Waals surface area contributed by atoms with Gasteiger partial charge in [0.15, 0.2) is 0 Å². The molecule has 1 aliphatic rings. The SMILES string of the molecule is CC(CS)C(=O)N[C@@H](CSCc1ccc(C2CCCCC2)cc1)C(=O)O. The lowest BCUT2D eigenvalue weighted by Gasteiger charge is -2.22. The number of thioether (sulfide) groups is 1. The molecule has 0 heterocycles. The van der Waals surface area contributed by atoms with E-state index in [1.165, 1.54) is 55.0 Å².